The average molecular weight is 592 g/mol. The summed E-state index contributed by atoms with van der Waals surface area (Å²) >= 11 is 19.8. The first-order valence-corrected chi connectivity index (χ1v) is 13.3. The summed E-state index contributed by atoms with van der Waals surface area (Å²) in [6, 6.07) is 11.6. The first-order valence-electron chi connectivity index (χ1n) is 11.2. The van der Waals surface area contributed by atoms with E-state index in [4.69, 9.17) is 39.5 Å². The smallest absolute Gasteiger partial charge is 0.173 e. The van der Waals surface area contributed by atoms with Crippen molar-refractivity contribution in [2.45, 2.75) is 41.8 Å². The van der Waals surface area contributed by atoms with Gasteiger partial charge in [0.25, 0.3) is 0 Å². The number of halogens is 5. The molecular formula is C26H23Cl3F2O5S. The van der Waals surface area contributed by atoms with E-state index in [-0.39, 0.29) is 44.8 Å². The molecule has 1 heterocycles. The van der Waals surface area contributed by atoms with Gasteiger partial charge in [0.2, 0.25) is 0 Å². The van der Waals surface area contributed by atoms with Crippen LogP contribution >= 0.6 is 46.6 Å². The van der Waals surface area contributed by atoms with E-state index in [9.17, 15) is 29.2 Å². The first-order chi connectivity index (χ1) is 17.6. The molecule has 5 atom stereocenters. The number of hydrogen-bond donors (Lipinski definition) is 4. The lowest BCUT2D eigenvalue weighted by atomic mass is 9.96. The Bertz CT molecular complexity index is 1160. The maximum atomic E-state index is 14.7. The van der Waals surface area contributed by atoms with Gasteiger partial charge in [-0.05, 0) is 36.4 Å². The van der Waals surface area contributed by atoms with Crippen LogP contribution in [0.15, 0.2) is 48.5 Å². The molecule has 0 spiro atoms. The van der Waals surface area contributed by atoms with Gasteiger partial charge in [0, 0.05) is 50.2 Å². The van der Waals surface area contributed by atoms with E-state index >= 15 is 0 Å². The maximum Gasteiger partial charge on any atom is 0.173 e. The Labute approximate surface area is 231 Å². The highest BCUT2D eigenvalue weighted by molar-refractivity contribution is 8.00. The largest absolute Gasteiger partial charge is 0.476 e. The Morgan fingerprint density at radius 2 is 1.30 bits per heavy atom. The zero-order valence-electron chi connectivity index (χ0n) is 19.1. The lowest BCUT2D eigenvalue weighted by Crippen LogP contribution is -2.55. The molecule has 1 fully saturated rings. The fourth-order valence-electron chi connectivity index (χ4n) is 4.19. The molecule has 0 amide bonds. The van der Waals surface area contributed by atoms with Crippen LogP contribution in [0.1, 0.15) is 22.3 Å². The monoisotopic (exact) mass is 590 g/mol. The summed E-state index contributed by atoms with van der Waals surface area (Å²) in [6.45, 7) is -0.481. The van der Waals surface area contributed by atoms with Gasteiger partial charge in [-0.2, -0.15) is 0 Å². The number of aliphatic hydroxyl groups is 4. The van der Waals surface area contributed by atoms with Gasteiger partial charge >= 0.3 is 0 Å². The van der Waals surface area contributed by atoms with Gasteiger partial charge < -0.3 is 25.2 Å². The van der Waals surface area contributed by atoms with Gasteiger partial charge in [-0.25, -0.2) is 8.78 Å². The predicted octanol–water partition coefficient (Wildman–Crippen LogP) is 5.00. The molecule has 37 heavy (non-hydrogen) atoms. The zero-order valence-corrected chi connectivity index (χ0v) is 22.2. The number of thioether (sulfide) groups is 1. The number of hydrogen-bond acceptors (Lipinski definition) is 6. The SMILES string of the molecule is OC[C@H]1S[C@@H](Oc2c(Cc3c(F)cccc3Cl)cc(Cl)cc2Cc2c(F)cccc2Cl)[C@H](O)[C@@H](O)[C@@H]1O. The van der Waals surface area contributed by atoms with Crippen molar-refractivity contribution >= 4 is 46.6 Å². The van der Waals surface area contributed by atoms with Crippen LogP contribution in [-0.2, 0) is 12.8 Å². The quantitative estimate of drug-likeness (QED) is 0.309. The highest BCUT2D eigenvalue weighted by Crippen LogP contribution is 2.40. The Balaban J connectivity index is 1.82. The molecule has 0 bridgehead atoms. The van der Waals surface area contributed by atoms with Crippen LogP contribution in [0.5, 0.6) is 5.75 Å². The van der Waals surface area contributed by atoms with Crippen LogP contribution in [0.25, 0.3) is 0 Å². The molecule has 4 N–H and O–H groups in total. The van der Waals surface area contributed by atoms with Gasteiger partial charge in [0.15, 0.2) is 5.44 Å². The van der Waals surface area contributed by atoms with E-state index in [0.717, 1.165) is 11.8 Å². The van der Waals surface area contributed by atoms with Crippen molar-refractivity contribution in [1.82, 2.24) is 0 Å². The Hall–Kier alpha value is -1.62. The minimum atomic E-state index is -1.59. The molecule has 3 aromatic rings. The van der Waals surface area contributed by atoms with Crippen molar-refractivity contribution in [3.05, 3.63) is 97.5 Å². The second-order valence-electron chi connectivity index (χ2n) is 8.62. The second-order valence-corrected chi connectivity index (χ2v) is 11.2. The third kappa shape index (κ3) is 6.18. The van der Waals surface area contributed by atoms with E-state index in [0.29, 0.717) is 11.1 Å². The normalized spacial score (nSPS) is 23.8. The maximum absolute atomic E-state index is 14.7. The molecule has 1 aliphatic rings. The van der Waals surface area contributed by atoms with Crippen LogP contribution in [0.3, 0.4) is 0 Å². The zero-order chi connectivity index (χ0) is 26.9. The number of aliphatic hydroxyl groups excluding tert-OH is 4. The lowest BCUT2D eigenvalue weighted by Gasteiger charge is -2.39. The third-order valence-corrected chi connectivity index (χ3v) is 8.50. The Morgan fingerprint density at radius 1 is 0.784 bits per heavy atom. The van der Waals surface area contributed by atoms with E-state index in [1.807, 2.05) is 0 Å². The van der Waals surface area contributed by atoms with E-state index in [1.165, 1.54) is 36.4 Å². The summed E-state index contributed by atoms with van der Waals surface area (Å²) in [5.41, 5.74) is -0.0216. The van der Waals surface area contributed by atoms with E-state index in [1.54, 1.807) is 12.1 Å². The summed E-state index contributed by atoms with van der Waals surface area (Å²) in [5.74, 6) is -0.953. The van der Waals surface area contributed by atoms with Gasteiger partial charge in [0.1, 0.15) is 29.6 Å². The minimum Gasteiger partial charge on any atom is -0.476 e. The third-order valence-electron chi connectivity index (χ3n) is 6.15. The molecule has 0 unspecified atom stereocenters. The molecule has 0 aromatic heterocycles. The van der Waals surface area contributed by atoms with Crippen LogP contribution < -0.4 is 4.74 Å². The lowest BCUT2D eigenvalue weighted by molar-refractivity contribution is -0.0911. The van der Waals surface area contributed by atoms with Gasteiger partial charge in [-0.3, -0.25) is 0 Å². The average Bonchev–Trinajstić information content (AvgIpc) is 2.85. The number of rotatable bonds is 7. The summed E-state index contributed by atoms with van der Waals surface area (Å²) in [7, 11) is 0. The molecule has 4 rings (SSSR count). The van der Waals surface area contributed by atoms with Crippen molar-refractivity contribution in [1.29, 1.82) is 0 Å². The molecule has 1 aliphatic heterocycles. The standard InChI is InChI=1S/C26H23Cl3F2O5S/c27-14-7-12(9-15-17(28)3-1-5-19(15)30)25(13(8-14)10-16-18(29)4-2-6-20(16)31)36-26-24(35)23(34)22(33)21(11-32)37-26/h1-8,21-24,26,32-35H,9-11H2/t21-,22-,23+,24-,26-/m1/s1. The summed E-state index contributed by atoms with van der Waals surface area (Å²) < 4.78 is 35.5. The second kappa shape index (κ2) is 12.1. The highest BCUT2D eigenvalue weighted by Gasteiger charge is 2.44. The van der Waals surface area contributed by atoms with E-state index < -0.39 is 47.2 Å². The molecular weight excluding hydrogens is 569 g/mol. The van der Waals surface area contributed by atoms with Crippen molar-refractivity contribution in [3.63, 3.8) is 0 Å². The Kier molecular flexibility index (Phi) is 9.25. The van der Waals surface area contributed by atoms with Crippen LogP contribution in [0, 0.1) is 11.6 Å². The first kappa shape index (κ1) is 28.4. The molecule has 5 nitrogen and oxygen atoms in total. The number of benzene rings is 3. The van der Waals surface area contributed by atoms with Crippen LogP contribution in [0.4, 0.5) is 8.78 Å². The van der Waals surface area contributed by atoms with Crippen molar-refractivity contribution in [2.24, 2.45) is 0 Å². The molecule has 3 aromatic carbocycles. The minimum absolute atomic E-state index is 0.0541. The fraction of sp³-hybridized carbons (Fsp3) is 0.308. The molecule has 0 aliphatic carbocycles. The Morgan fingerprint density at radius 3 is 1.76 bits per heavy atom. The van der Waals surface area contributed by atoms with E-state index in [2.05, 4.69) is 0 Å². The van der Waals surface area contributed by atoms with Crippen LogP contribution in [0.2, 0.25) is 15.1 Å². The molecule has 1 saturated heterocycles. The summed E-state index contributed by atoms with van der Waals surface area (Å²) in [5, 5.41) is 40.6. The molecule has 0 saturated carbocycles. The number of ether oxygens (including phenoxy) is 1. The van der Waals surface area contributed by atoms with Gasteiger partial charge in [-0.1, -0.05) is 46.9 Å². The molecule has 0 radical (unpaired) electrons. The van der Waals surface area contributed by atoms with Crippen molar-refractivity contribution in [3.8, 4) is 5.75 Å². The fourth-order valence-corrected chi connectivity index (χ4v) is 6.14. The van der Waals surface area contributed by atoms with Crippen molar-refractivity contribution in [2.75, 3.05) is 6.61 Å². The van der Waals surface area contributed by atoms with Crippen molar-refractivity contribution < 1.29 is 33.9 Å². The van der Waals surface area contributed by atoms with Gasteiger partial charge in [-0.15, -0.1) is 11.8 Å². The highest BCUT2D eigenvalue weighted by atomic mass is 35.5. The predicted molar refractivity (Wildman–Crippen MR) is 141 cm³/mol. The topological polar surface area (TPSA) is 90.2 Å². The van der Waals surface area contributed by atoms with Gasteiger partial charge in [0.05, 0.1) is 18.0 Å². The summed E-state index contributed by atoms with van der Waals surface area (Å²) in [4.78, 5) is 0. The molecule has 11 heteroatoms. The molecule has 198 valence electrons. The van der Waals surface area contributed by atoms with Crippen LogP contribution in [-0.4, -0.2) is 56.0 Å². The summed E-state index contributed by atoms with van der Waals surface area (Å²) in [6.07, 6.45) is -4.62.